The lowest BCUT2D eigenvalue weighted by molar-refractivity contribution is -0.122. The fourth-order valence-electron chi connectivity index (χ4n) is 8.73. The molecule has 4 aromatic heterocycles. The number of amides is 2. The number of nitrogens with zero attached hydrogens (tertiary/aromatic N) is 8. The Bertz CT molecular complexity index is 3070. The smallest absolute Gasteiger partial charge is 0.269 e. The second kappa shape index (κ2) is 21.6. The van der Waals surface area contributed by atoms with Gasteiger partial charge in [-0.25, -0.2) is 28.7 Å². The van der Waals surface area contributed by atoms with Crippen LogP contribution < -0.4 is 36.1 Å². The molecule has 6 aromatic rings. The van der Waals surface area contributed by atoms with Crippen LogP contribution in [-0.4, -0.2) is 91.6 Å². The number of pyridine rings is 2. The Balaban J connectivity index is 0.000000154. The first-order valence-corrected chi connectivity index (χ1v) is 22.7. The summed E-state index contributed by atoms with van der Waals surface area (Å²) < 4.78 is 40.1. The van der Waals surface area contributed by atoms with E-state index in [0.717, 1.165) is 38.2 Å². The number of nitrogens with two attached hydrogens (primary N) is 1. The number of rotatable bonds is 12. The fraction of sp³-hybridized carbons (Fsp3) is 0.367. The van der Waals surface area contributed by atoms with E-state index in [4.69, 9.17) is 15.2 Å². The number of anilines is 2. The van der Waals surface area contributed by atoms with E-state index < -0.39 is 5.82 Å². The van der Waals surface area contributed by atoms with Crippen molar-refractivity contribution in [3.63, 3.8) is 0 Å². The first-order valence-electron chi connectivity index (χ1n) is 22.7. The topological polar surface area (TPSA) is 232 Å². The third-order valence-corrected chi connectivity index (χ3v) is 12.2. The maximum Gasteiger partial charge on any atom is 0.269 e. The van der Waals surface area contributed by atoms with Gasteiger partial charge >= 0.3 is 0 Å². The predicted octanol–water partition coefficient (Wildman–Crippen LogP) is 4.07. The number of Topliss-reactive ketones (excluding diaryl/α,β-unsaturated/α-hetero) is 2. The number of unbranched alkanes of at least 4 members (excludes halogenated alkanes) is 2. The lowest BCUT2D eigenvalue weighted by Gasteiger charge is -2.20. The number of aromatic nitrogens is 6. The van der Waals surface area contributed by atoms with E-state index in [2.05, 4.69) is 19.9 Å². The second-order valence-corrected chi connectivity index (χ2v) is 17.2. The lowest BCUT2D eigenvalue weighted by Crippen LogP contribution is -2.28. The highest BCUT2D eigenvalue weighted by Gasteiger charge is 2.33. The largest absolute Gasteiger partial charge is 0.484 e. The third kappa shape index (κ3) is 11.4. The number of halogens is 2. The van der Waals surface area contributed by atoms with Gasteiger partial charge in [0.15, 0.2) is 11.6 Å². The van der Waals surface area contributed by atoms with Crippen molar-refractivity contribution >= 4 is 63.4 Å². The molecule has 0 radical (unpaired) electrons. The average molecular weight is 946 g/mol. The molecule has 2 atom stereocenters. The van der Waals surface area contributed by atoms with E-state index in [0.29, 0.717) is 95.6 Å². The quantitative estimate of drug-likeness (QED) is 0.135. The number of carbonyl (C=O) groups is 5. The highest BCUT2D eigenvalue weighted by atomic mass is 19.1. The van der Waals surface area contributed by atoms with Crippen molar-refractivity contribution in [2.45, 2.75) is 70.9 Å². The number of aryl methyl sites for hydroxylation is 2. The van der Waals surface area contributed by atoms with Gasteiger partial charge in [-0.2, -0.15) is 0 Å². The van der Waals surface area contributed by atoms with Gasteiger partial charge in [-0.3, -0.25) is 38.6 Å². The molecule has 4 aliphatic rings. The van der Waals surface area contributed by atoms with Gasteiger partial charge in [-0.15, -0.1) is 0 Å². The fourth-order valence-corrected chi connectivity index (χ4v) is 8.73. The molecule has 2 fully saturated rings. The SMILES string of the molecule is NC[C@H]1CC(=O)N(c2ccc3c(n2)CC(=O)CO3)C1.O=C1COc2ccc(N3C[C@@H](CCCCCn4c(=O)cnc5cc(F)ccc54)CC3=O)nc2C1.O=CCCn1c(=O)cnc2cc(F)ccc21. The predicted molar refractivity (Wildman–Crippen MR) is 248 cm³/mol. The van der Waals surface area contributed by atoms with E-state index in [1.807, 2.05) is 0 Å². The Morgan fingerprint density at radius 3 is 1.65 bits per heavy atom. The van der Waals surface area contributed by atoms with E-state index in [1.54, 1.807) is 44.7 Å². The summed E-state index contributed by atoms with van der Waals surface area (Å²) in [5.41, 5.74) is 8.36. The molecule has 8 heterocycles. The molecule has 0 bridgehead atoms. The summed E-state index contributed by atoms with van der Waals surface area (Å²) in [6, 6.07) is 15.4. The molecule has 2 aromatic carbocycles. The van der Waals surface area contributed by atoms with Crippen LogP contribution in [0.1, 0.15) is 56.3 Å². The molecule has 2 saturated heterocycles. The van der Waals surface area contributed by atoms with Crippen LogP contribution in [0.15, 0.2) is 82.6 Å². The van der Waals surface area contributed by atoms with Crippen molar-refractivity contribution in [1.29, 1.82) is 0 Å². The van der Waals surface area contributed by atoms with Gasteiger partial charge in [-0.1, -0.05) is 12.8 Å². The van der Waals surface area contributed by atoms with Crippen LogP contribution in [0, 0.1) is 23.5 Å². The number of ether oxygens (including phenoxy) is 2. The van der Waals surface area contributed by atoms with Crippen molar-refractivity contribution in [2.75, 3.05) is 42.6 Å². The zero-order valence-electron chi connectivity index (χ0n) is 37.6. The molecule has 4 aliphatic heterocycles. The molecule has 0 spiro atoms. The summed E-state index contributed by atoms with van der Waals surface area (Å²) in [5.74, 6) is 2.11. The maximum atomic E-state index is 13.4. The van der Waals surface area contributed by atoms with Crippen molar-refractivity contribution in [3.8, 4) is 11.5 Å². The first-order chi connectivity index (χ1) is 33.4. The van der Waals surface area contributed by atoms with E-state index in [-0.39, 0.29) is 91.2 Å². The lowest BCUT2D eigenvalue weighted by atomic mass is 10.0. The van der Waals surface area contributed by atoms with Crippen LogP contribution in [0.4, 0.5) is 20.4 Å². The molecule has 18 nitrogen and oxygen atoms in total. The van der Waals surface area contributed by atoms with Crippen LogP contribution in [-0.2, 0) is 49.9 Å². The second-order valence-electron chi connectivity index (χ2n) is 17.2. The number of benzene rings is 2. The highest BCUT2D eigenvalue weighted by molar-refractivity contribution is 5.96. The van der Waals surface area contributed by atoms with Gasteiger partial charge in [-0.05, 0) is 79.8 Å². The van der Waals surface area contributed by atoms with Gasteiger partial charge in [0.1, 0.15) is 54.3 Å². The minimum absolute atomic E-state index is 0.00438. The standard InChI is InChI=1S/C25H25FN4O4.C13H15N3O3.C11H9FN2O2/c26-17-5-6-21-19(11-17)27-13-25(33)29(21)9-3-1-2-4-16-10-24(32)30(14-16)23-8-7-22-20(28-23)12-18(31)15-34-22;14-5-8-3-13(18)16(6-8)12-2-1-11-10(15-12)4-9(17)7-19-11;12-8-2-3-10-9(6-8)13-7-11(16)14(10)4-1-5-15/h5-8,11,13,16H,1-4,9-10,12,14-15H2;1-2,8H,3-7,14H2;2-3,5-7H,1,4H2/t16-;8-;/m01./s1. The zero-order valence-corrected chi connectivity index (χ0v) is 37.6. The summed E-state index contributed by atoms with van der Waals surface area (Å²) in [6.45, 7) is 2.70. The van der Waals surface area contributed by atoms with Gasteiger partial charge in [0.05, 0.1) is 58.7 Å². The Morgan fingerprint density at radius 1 is 0.638 bits per heavy atom. The number of aldehydes is 1. The molecule has 2 amide bonds. The summed E-state index contributed by atoms with van der Waals surface area (Å²) in [6.07, 6.45) is 8.37. The Kier molecular flexibility index (Phi) is 15.0. The zero-order chi connectivity index (χ0) is 48.6. The number of hydrogen-bond donors (Lipinski definition) is 1. The van der Waals surface area contributed by atoms with Gasteiger partial charge in [0.2, 0.25) is 11.8 Å². The Labute approximate surface area is 393 Å². The summed E-state index contributed by atoms with van der Waals surface area (Å²) in [5, 5.41) is 0. The molecular weight excluding hydrogens is 897 g/mol. The Hall–Kier alpha value is -7.61. The number of fused-ring (bicyclic) bond motifs is 4. The van der Waals surface area contributed by atoms with E-state index in [1.165, 1.54) is 41.1 Å². The van der Waals surface area contributed by atoms with Crippen LogP contribution in [0.25, 0.3) is 22.1 Å². The van der Waals surface area contributed by atoms with Crippen LogP contribution in [0.3, 0.4) is 0 Å². The van der Waals surface area contributed by atoms with Crippen LogP contribution >= 0.6 is 0 Å². The molecule has 0 saturated carbocycles. The average Bonchev–Trinajstić information content (AvgIpc) is 3.92. The molecule has 69 heavy (non-hydrogen) atoms. The molecule has 358 valence electrons. The molecule has 2 N–H and O–H groups in total. The maximum absolute atomic E-state index is 13.4. The van der Waals surface area contributed by atoms with E-state index in [9.17, 15) is 42.3 Å². The Morgan fingerprint density at radius 2 is 1.14 bits per heavy atom. The van der Waals surface area contributed by atoms with Crippen LogP contribution in [0.5, 0.6) is 11.5 Å². The summed E-state index contributed by atoms with van der Waals surface area (Å²) in [7, 11) is 0. The van der Waals surface area contributed by atoms with Crippen molar-refractivity contribution in [1.82, 2.24) is 29.1 Å². The number of carbonyl (C=O) groups excluding carboxylic acids is 5. The normalized spacial score (nSPS) is 17.4. The molecule has 0 unspecified atom stereocenters. The van der Waals surface area contributed by atoms with Gasteiger partial charge in [0, 0.05) is 57.6 Å². The van der Waals surface area contributed by atoms with Gasteiger partial charge in [0.25, 0.3) is 11.1 Å². The highest BCUT2D eigenvalue weighted by Crippen LogP contribution is 2.31. The molecule has 0 aliphatic carbocycles. The van der Waals surface area contributed by atoms with Crippen molar-refractivity contribution in [2.24, 2.45) is 17.6 Å². The minimum Gasteiger partial charge on any atom is -0.484 e. The van der Waals surface area contributed by atoms with Gasteiger partial charge < -0.3 is 29.1 Å². The number of ketones is 2. The van der Waals surface area contributed by atoms with Crippen molar-refractivity contribution < 1.29 is 42.2 Å². The third-order valence-electron chi connectivity index (χ3n) is 12.2. The van der Waals surface area contributed by atoms with Crippen LogP contribution in [0.2, 0.25) is 0 Å². The van der Waals surface area contributed by atoms with E-state index >= 15 is 0 Å². The summed E-state index contributed by atoms with van der Waals surface area (Å²) in [4.78, 5) is 102. The molecule has 20 heteroatoms. The van der Waals surface area contributed by atoms with Crippen molar-refractivity contribution in [3.05, 3.63) is 117 Å². The number of hydrogen-bond acceptors (Lipinski definition) is 14. The monoisotopic (exact) mass is 945 g/mol. The molecule has 10 rings (SSSR count). The molecular formula is C49H49F2N9O9. The minimum atomic E-state index is -0.402. The summed E-state index contributed by atoms with van der Waals surface area (Å²) >= 11 is 0. The first kappa shape index (κ1) is 47.9.